The number of aliphatic carboxylic acids is 1. The number of nitrogens with one attached hydrogen (secondary N) is 1. The molecule has 0 saturated heterocycles. The Morgan fingerprint density at radius 1 is 0.952 bits per heavy atom. The van der Waals surface area contributed by atoms with Crippen molar-refractivity contribution in [1.29, 1.82) is 0 Å². The average molecular weight is 606 g/mol. The molecule has 0 fully saturated rings. The molecule has 214 valence electrons. The Balaban J connectivity index is 1.56. The summed E-state index contributed by atoms with van der Waals surface area (Å²) in [5, 5.41) is 18.2. The third kappa shape index (κ3) is 6.10. The monoisotopic (exact) mass is 605 g/mol. The number of halogens is 3. The standard InChI is InChI=1S/C32H26Cl2FN3O4/c1-18(19-3-5-20(6-4-19)32(41)36-12-11-30(39)40)38-28-16-22(21-8-10-29(42-2)27(35)15-21)7-9-26(28)31(37-38)23-13-24(33)17-25(34)14-23/h3-10,13-18H,11-12H2,1-2H3,(H,36,41)(H,39,40)/t18-/m0/s1. The molecule has 1 aromatic heterocycles. The lowest BCUT2D eigenvalue weighted by Crippen LogP contribution is -2.26. The van der Waals surface area contributed by atoms with E-state index < -0.39 is 11.8 Å². The molecule has 2 N–H and O–H groups in total. The topological polar surface area (TPSA) is 93.5 Å². The minimum Gasteiger partial charge on any atom is -0.494 e. The van der Waals surface area contributed by atoms with E-state index in [0.717, 1.165) is 27.6 Å². The molecule has 0 radical (unpaired) electrons. The van der Waals surface area contributed by atoms with Gasteiger partial charge in [-0.3, -0.25) is 14.3 Å². The fraction of sp³-hybridized carbons (Fsp3) is 0.156. The number of carbonyl (C=O) groups excluding carboxylic acids is 1. The molecule has 5 rings (SSSR count). The van der Waals surface area contributed by atoms with Gasteiger partial charge in [-0.15, -0.1) is 0 Å². The van der Waals surface area contributed by atoms with E-state index in [2.05, 4.69) is 5.32 Å². The maximum atomic E-state index is 14.6. The van der Waals surface area contributed by atoms with E-state index in [-0.39, 0.29) is 30.7 Å². The molecule has 10 heteroatoms. The molecule has 0 aliphatic rings. The zero-order chi connectivity index (χ0) is 30.0. The van der Waals surface area contributed by atoms with Gasteiger partial charge in [0.05, 0.1) is 25.1 Å². The SMILES string of the molecule is COc1ccc(-c2ccc3c(-c4cc(Cl)cc(Cl)c4)nn([C@@H](C)c4ccc(C(=O)NCCC(=O)O)cc4)c3c2)cc1F. The van der Waals surface area contributed by atoms with Gasteiger partial charge in [-0.2, -0.15) is 5.10 Å². The Morgan fingerprint density at radius 3 is 2.26 bits per heavy atom. The van der Waals surface area contributed by atoms with Crippen molar-refractivity contribution < 1.29 is 23.8 Å². The summed E-state index contributed by atoms with van der Waals surface area (Å²) in [4.78, 5) is 23.2. The maximum absolute atomic E-state index is 14.6. The number of carbonyl (C=O) groups is 2. The van der Waals surface area contributed by atoms with Crippen LogP contribution in [0.15, 0.2) is 78.9 Å². The molecule has 7 nitrogen and oxygen atoms in total. The van der Waals surface area contributed by atoms with Crippen molar-refractivity contribution in [2.75, 3.05) is 13.7 Å². The van der Waals surface area contributed by atoms with Crippen LogP contribution in [-0.2, 0) is 4.79 Å². The number of ether oxygens (including phenoxy) is 1. The lowest BCUT2D eigenvalue weighted by atomic mass is 10.0. The largest absolute Gasteiger partial charge is 0.494 e. The second kappa shape index (κ2) is 12.2. The fourth-order valence-electron chi connectivity index (χ4n) is 4.80. The molecule has 1 atom stereocenters. The quantitative estimate of drug-likeness (QED) is 0.180. The van der Waals surface area contributed by atoms with Crippen LogP contribution in [0.3, 0.4) is 0 Å². The summed E-state index contributed by atoms with van der Waals surface area (Å²) in [6, 6.07) is 22.7. The summed E-state index contributed by atoms with van der Waals surface area (Å²) in [6.45, 7) is 2.03. The summed E-state index contributed by atoms with van der Waals surface area (Å²) in [7, 11) is 1.42. The first-order valence-electron chi connectivity index (χ1n) is 13.1. The van der Waals surface area contributed by atoms with Crippen molar-refractivity contribution in [3.8, 4) is 28.1 Å². The first kappa shape index (κ1) is 29.1. The third-order valence-corrected chi connectivity index (χ3v) is 7.41. The summed E-state index contributed by atoms with van der Waals surface area (Å²) < 4.78 is 21.5. The number of rotatable bonds is 9. The van der Waals surface area contributed by atoms with E-state index in [9.17, 15) is 14.0 Å². The van der Waals surface area contributed by atoms with E-state index >= 15 is 0 Å². The van der Waals surface area contributed by atoms with Gasteiger partial charge in [-0.1, -0.05) is 47.5 Å². The first-order valence-corrected chi connectivity index (χ1v) is 13.8. The summed E-state index contributed by atoms with van der Waals surface area (Å²) in [6.07, 6.45) is -0.154. The van der Waals surface area contributed by atoms with Crippen molar-refractivity contribution in [2.24, 2.45) is 0 Å². The highest BCUT2D eigenvalue weighted by Crippen LogP contribution is 2.37. The Hall–Kier alpha value is -4.40. The van der Waals surface area contributed by atoms with Gasteiger partial charge in [0.1, 0.15) is 5.69 Å². The van der Waals surface area contributed by atoms with Crippen molar-refractivity contribution in [3.63, 3.8) is 0 Å². The number of methoxy groups -OCH3 is 1. The number of hydrogen-bond acceptors (Lipinski definition) is 4. The van der Waals surface area contributed by atoms with Crippen LogP contribution in [0, 0.1) is 5.82 Å². The number of benzene rings is 4. The summed E-state index contributed by atoms with van der Waals surface area (Å²) >= 11 is 12.6. The van der Waals surface area contributed by atoms with Crippen LogP contribution < -0.4 is 10.1 Å². The van der Waals surface area contributed by atoms with Crippen LogP contribution in [0.4, 0.5) is 4.39 Å². The van der Waals surface area contributed by atoms with Gasteiger partial charge < -0.3 is 15.2 Å². The van der Waals surface area contributed by atoms with Crippen molar-refractivity contribution in [3.05, 3.63) is 106 Å². The Bertz CT molecular complexity index is 1780. The molecular formula is C32H26Cl2FN3O4. The van der Waals surface area contributed by atoms with Gasteiger partial charge >= 0.3 is 5.97 Å². The number of nitrogens with zero attached hydrogens (tertiary/aromatic N) is 2. The van der Waals surface area contributed by atoms with Gasteiger partial charge in [0.25, 0.3) is 5.91 Å². The lowest BCUT2D eigenvalue weighted by molar-refractivity contribution is -0.136. The Kier molecular flexibility index (Phi) is 8.47. The van der Waals surface area contributed by atoms with Gasteiger partial charge in [0.15, 0.2) is 11.6 Å². The van der Waals surface area contributed by atoms with Crippen LogP contribution in [0.25, 0.3) is 33.3 Å². The molecule has 1 amide bonds. The molecule has 5 aromatic rings. The smallest absolute Gasteiger partial charge is 0.305 e. The molecular weight excluding hydrogens is 580 g/mol. The molecule has 1 heterocycles. The fourth-order valence-corrected chi connectivity index (χ4v) is 5.33. The summed E-state index contributed by atoms with van der Waals surface area (Å²) in [5.74, 6) is -1.63. The van der Waals surface area contributed by atoms with Gasteiger partial charge in [0, 0.05) is 33.1 Å². The van der Waals surface area contributed by atoms with E-state index in [1.54, 1.807) is 42.5 Å². The normalized spacial score (nSPS) is 11.8. The number of aromatic nitrogens is 2. The minimum absolute atomic E-state index is 0.0440. The second-order valence-corrected chi connectivity index (χ2v) is 10.6. The van der Waals surface area contributed by atoms with Crippen LogP contribution in [0.5, 0.6) is 5.75 Å². The predicted molar refractivity (Wildman–Crippen MR) is 162 cm³/mol. The molecule has 0 unspecified atom stereocenters. The number of hydrogen-bond donors (Lipinski definition) is 2. The molecule has 0 aliphatic heterocycles. The van der Waals surface area contributed by atoms with E-state index in [1.807, 2.05) is 41.9 Å². The number of amides is 1. The number of carboxylic acids is 1. The maximum Gasteiger partial charge on any atom is 0.305 e. The van der Waals surface area contributed by atoms with E-state index in [0.29, 0.717) is 26.9 Å². The van der Waals surface area contributed by atoms with Crippen molar-refractivity contribution in [2.45, 2.75) is 19.4 Å². The van der Waals surface area contributed by atoms with Crippen LogP contribution >= 0.6 is 23.2 Å². The highest BCUT2D eigenvalue weighted by molar-refractivity contribution is 6.35. The van der Waals surface area contributed by atoms with Gasteiger partial charge in [-0.05, 0) is 78.2 Å². The number of fused-ring (bicyclic) bond motifs is 1. The number of carboxylic acid groups (broad SMARTS) is 1. The highest BCUT2D eigenvalue weighted by Gasteiger charge is 2.20. The lowest BCUT2D eigenvalue weighted by Gasteiger charge is -2.15. The van der Waals surface area contributed by atoms with Crippen molar-refractivity contribution in [1.82, 2.24) is 15.1 Å². The zero-order valence-electron chi connectivity index (χ0n) is 22.7. The van der Waals surface area contributed by atoms with Crippen LogP contribution in [0.2, 0.25) is 10.0 Å². The zero-order valence-corrected chi connectivity index (χ0v) is 24.2. The van der Waals surface area contributed by atoms with Crippen LogP contribution in [-0.4, -0.2) is 40.4 Å². The average Bonchev–Trinajstić information content (AvgIpc) is 3.35. The molecule has 4 aromatic carbocycles. The third-order valence-electron chi connectivity index (χ3n) is 6.98. The van der Waals surface area contributed by atoms with Gasteiger partial charge in [-0.25, -0.2) is 4.39 Å². The molecule has 0 aliphatic carbocycles. The molecule has 0 spiro atoms. The molecule has 42 heavy (non-hydrogen) atoms. The van der Waals surface area contributed by atoms with Crippen LogP contribution in [0.1, 0.15) is 35.3 Å². The van der Waals surface area contributed by atoms with E-state index in [1.165, 1.54) is 13.2 Å². The molecule has 0 bridgehead atoms. The van der Waals surface area contributed by atoms with E-state index in [4.69, 9.17) is 38.1 Å². The highest BCUT2D eigenvalue weighted by atomic mass is 35.5. The predicted octanol–water partition coefficient (Wildman–Crippen LogP) is 7.64. The molecule has 0 saturated carbocycles. The van der Waals surface area contributed by atoms with Crippen molar-refractivity contribution >= 4 is 46.0 Å². The minimum atomic E-state index is -0.981. The first-order chi connectivity index (χ1) is 20.1. The second-order valence-electron chi connectivity index (χ2n) is 9.73. The Morgan fingerprint density at radius 2 is 1.62 bits per heavy atom. The summed E-state index contributed by atoms with van der Waals surface area (Å²) in [5.41, 5.74) is 5.02. The Labute approximate surface area is 251 Å². The van der Waals surface area contributed by atoms with Gasteiger partial charge in [0.2, 0.25) is 0 Å².